The molecule has 0 aromatic carbocycles. The van der Waals surface area contributed by atoms with Crippen molar-refractivity contribution in [3.63, 3.8) is 0 Å². The molecule has 0 amide bonds. The van der Waals surface area contributed by atoms with Crippen molar-refractivity contribution in [2.75, 3.05) is 6.61 Å². The van der Waals surface area contributed by atoms with Crippen molar-refractivity contribution < 1.29 is 5.11 Å². The summed E-state index contributed by atoms with van der Waals surface area (Å²) in [4.78, 5) is 0. The predicted octanol–water partition coefficient (Wildman–Crippen LogP) is 4.56. The first-order valence-corrected chi connectivity index (χ1v) is 6.61. The van der Waals surface area contributed by atoms with Crippen LogP contribution in [0.3, 0.4) is 0 Å². The Hall–Kier alpha value is -0.300. The lowest BCUT2D eigenvalue weighted by Gasteiger charge is -2.37. The SMILES string of the molecule is C=CCCCCC(CC)(CO)CC(C)(C)C. The van der Waals surface area contributed by atoms with E-state index in [-0.39, 0.29) is 5.41 Å². The molecule has 0 radical (unpaired) electrons. The smallest absolute Gasteiger partial charge is 0.0487 e. The number of aliphatic hydroxyl groups excluding tert-OH is 1. The average molecular weight is 226 g/mol. The summed E-state index contributed by atoms with van der Waals surface area (Å²) < 4.78 is 0. The van der Waals surface area contributed by atoms with E-state index in [4.69, 9.17) is 0 Å². The van der Waals surface area contributed by atoms with Crippen LogP contribution in [0.25, 0.3) is 0 Å². The van der Waals surface area contributed by atoms with Gasteiger partial charge in [-0.25, -0.2) is 0 Å². The van der Waals surface area contributed by atoms with Crippen molar-refractivity contribution in [2.24, 2.45) is 10.8 Å². The second kappa shape index (κ2) is 7.11. The van der Waals surface area contributed by atoms with E-state index in [0.717, 1.165) is 25.7 Å². The molecule has 0 aliphatic heterocycles. The lowest BCUT2D eigenvalue weighted by Crippen LogP contribution is -2.30. The fraction of sp³-hybridized carbons (Fsp3) is 0.867. The van der Waals surface area contributed by atoms with Crippen molar-refractivity contribution in [1.82, 2.24) is 0 Å². The van der Waals surface area contributed by atoms with Crippen LogP contribution in [0.4, 0.5) is 0 Å². The molecule has 1 unspecified atom stereocenters. The van der Waals surface area contributed by atoms with Crippen LogP contribution in [0.2, 0.25) is 0 Å². The molecule has 0 saturated heterocycles. The molecule has 0 aliphatic rings. The number of unbranched alkanes of at least 4 members (excludes halogenated alkanes) is 2. The van der Waals surface area contributed by atoms with E-state index in [1.807, 2.05) is 6.08 Å². The zero-order valence-corrected chi connectivity index (χ0v) is 11.7. The monoisotopic (exact) mass is 226 g/mol. The standard InChI is InChI=1S/C15H30O/c1-6-8-9-10-11-15(7-2,13-16)12-14(3,4)5/h6,16H,1,7-13H2,2-5H3. The molecule has 0 rings (SSSR count). The quantitative estimate of drug-likeness (QED) is 0.475. The first kappa shape index (κ1) is 15.7. The van der Waals surface area contributed by atoms with E-state index in [9.17, 15) is 5.11 Å². The van der Waals surface area contributed by atoms with Gasteiger partial charge in [0.25, 0.3) is 0 Å². The van der Waals surface area contributed by atoms with Gasteiger partial charge >= 0.3 is 0 Å². The number of hydrogen-bond acceptors (Lipinski definition) is 1. The number of rotatable bonds is 8. The summed E-state index contributed by atoms with van der Waals surface area (Å²) in [5.41, 5.74) is 0.441. The minimum atomic E-state index is 0.138. The van der Waals surface area contributed by atoms with Crippen LogP contribution in [0, 0.1) is 10.8 Å². The fourth-order valence-electron chi connectivity index (χ4n) is 2.55. The van der Waals surface area contributed by atoms with Gasteiger partial charge in [-0.3, -0.25) is 0 Å². The molecule has 16 heavy (non-hydrogen) atoms. The van der Waals surface area contributed by atoms with Gasteiger partial charge in [-0.1, -0.05) is 40.2 Å². The van der Waals surface area contributed by atoms with E-state index >= 15 is 0 Å². The van der Waals surface area contributed by atoms with Crippen LogP contribution in [0.15, 0.2) is 12.7 Å². The Balaban J connectivity index is 4.26. The maximum atomic E-state index is 9.68. The van der Waals surface area contributed by atoms with Gasteiger partial charge in [0.1, 0.15) is 0 Å². The van der Waals surface area contributed by atoms with Crippen molar-refractivity contribution in [3.05, 3.63) is 12.7 Å². The zero-order chi connectivity index (χ0) is 12.7. The van der Waals surface area contributed by atoms with Crippen LogP contribution < -0.4 is 0 Å². The molecule has 0 aromatic rings. The highest BCUT2D eigenvalue weighted by Crippen LogP contribution is 2.40. The molecular formula is C15H30O. The summed E-state index contributed by atoms with van der Waals surface area (Å²) in [7, 11) is 0. The Bertz CT molecular complexity index is 184. The first-order chi connectivity index (χ1) is 7.39. The van der Waals surface area contributed by atoms with Crippen LogP contribution in [-0.4, -0.2) is 11.7 Å². The molecule has 1 heteroatoms. The third-order valence-electron chi connectivity index (χ3n) is 3.36. The lowest BCUT2D eigenvalue weighted by molar-refractivity contribution is 0.0617. The van der Waals surface area contributed by atoms with E-state index in [1.54, 1.807) is 0 Å². The number of allylic oxidation sites excluding steroid dienone is 1. The maximum absolute atomic E-state index is 9.68. The summed E-state index contributed by atoms with van der Waals surface area (Å²) in [5.74, 6) is 0. The third-order valence-corrected chi connectivity index (χ3v) is 3.36. The van der Waals surface area contributed by atoms with Crippen molar-refractivity contribution in [3.8, 4) is 0 Å². The van der Waals surface area contributed by atoms with Crippen LogP contribution in [0.5, 0.6) is 0 Å². The molecule has 1 N–H and O–H groups in total. The summed E-state index contributed by atoms with van der Waals surface area (Å²) >= 11 is 0. The fourth-order valence-corrected chi connectivity index (χ4v) is 2.55. The Labute approximate surface area is 102 Å². The largest absolute Gasteiger partial charge is 0.396 e. The highest BCUT2D eigenvalue weighted by Gasteiger charge is 2.31. The Morgan fingerprint density at radius 2 is 1.81 bits per heavy atom. The number of hydrogen-bond donors (Lipinski definition) is 1. The zero-order valence-electron chi connectivity index (χ0n) is 11.7. The summed E-state index contributed by atoms with van der Waals surface area (Å²) in [5, 5.41) is 9.68. The second-order valence-corrected chi connectivity index (χ2v) is 6.28. The third kappa shape index (κ3) is 6.32. The topological polar surface area (TPSA) is 20.2 Å². The minimum Gasteiger partial charge on any atom is -0.396 e. The van der Waals surface area contributed by atoms with Crippen LogP contribution >= 0.6 is 0 Å². The van der Waals surface area contributed by atoms with Gasteiger partial charge in [-0.15, -0.1) is 6.58 Å². The molecule has 0 aliphatic carbocycles. The maximum Gasteiger partial charge on any atom is 0.0487 e. The van der Waals surface area contributed by atoms with Crippen LogP contribution in [-0.2, 0) is 0 Å². The molecule has 0 bridgehead atoms. The van der Waals surface area contributed by atoms with Crippen molar-refractivity contribution in [2.45, 2.75) is 66.2 Å². The molecule has 1 nitrogen and oxygen atoms in total. The van der Waals surface area contributed by atoms with Gasteiger partial charge in [-0.2, -0.15) is 0 Å². The average Bonchev–Trinajstić information content (AvgIpc) is 2.21. The van der Waals surface area contributed by atoms with E-state index in [2.05, 4.69) is 34.3 Å². The molecule has 0 aromatic heterocycles. The van der Waals surface area contributed by atoms with Gasteiger partial charge in [-0.05, 0) is 42.9 Å². The van der Waals surface area contributed by atoms with Gasteiger partial charge in [0.2, 0.25) is 0 Å². The normalized spacial score (nSPS) is 15.8. The Morgan fingerprint density at radius 3 is 2.19 bits per heavy atom. The Kier molecular flexibility index (Phi) is 6.98. The van der Waals surface area contributed by atoms with Gasteiger partial charge in [0.15, 0.2) is 0 Å². The van der Waals surface area contributed by atoms with Crippen molar-refractivity contribution >= 4 is 0 Å². The molecule has 0 spiro atoms. The van der Waals surface area contributed by atoms with E-state index in [0.29, 0.717) is 12.0 Å². The van der Waals surface area contributed by atoms with Gasteiger partial charge in [0.05, 0.1) is 0 Å². The predicted molar refractivity (Wildman–Crippen MR) is 72.5 cm³/mol. The molecule has 0 heterocycles. The highest BCUT2D eigenvalue weighted by atomic mass is 16.3. The van der Waals surface area contributed by atoms with Crippen molar-refractivity contribution in [1.29, 1.82) is 0 Å². The minimum absolute atomic E-state index is 0.138. The highest BCUT2D eigenvalue weighted by molar-refractivity contribution is 4.83. The number of aliphatic hydroxyl groups is 1. The lowest BCUT2D eigenvalue weighted by atomic mass is 9.70. The molecule has 0 fully saturated rings. The van der Waals surface area contributed by atoms with Gasteiger partial charge in [0, 0.05) is 6.61 Å². The van der Waals surface area contributed by atoms with E-state index in [1.165, 1.54) is 12.8 Å². The first-order valence-electron chi connectivity index (χ1n) is 6.61. The van der Waals surface area contributed by atoms with Crippen LogP contribution in [0.1, 0.15) is 66.2 Å². The molecule has 1 atom stereocenters. The van der Waals surface area contributed by atoms with Gasteiger partial charge < -0.3 is 5.11 Å². The summed E-state index contributed by atoms with van der Waals surface area (Å²) in [6.07, 6.45) is 8.82. The molecule has 96 valence electrons. The second-order valence-electron chi connectivity index (χ2n) is 6.28. The molecular weight excluding hydrogens is 196 g/mol. The molecule has 0 saturated carbocycles. The Morgan fingerprint density at radius 1 is 1.19 bits per heavy atom. The summed E-state index contributed by atoms with van der Waals surface area (Å²) in [6, 6.07) is 0. The van der Waals surface area contributed by atoms with E-state index < -0.39 is 0 Å². The summed E-state index contributed by atoms with van der Waals surface area (Å²) in [6.45, 7) is 13.1.